The van der Waals surface area contributed by atoms with Gasteiger partial charge in [-0.25, -0.2) is 0 Å². The highest BCUT2D eigenvalue weighted by Crippen LogP contribution is 2.14. The summed E-state index contributed by atoms with van der Waals surface area (Å²) in [5, 5.41) is 8.88. The minimum absolute atomic E-state index is 0.0564. The molecule has 130 valence electrons. The van der Waals surface area contributed by atoms with E-state index in [1.807, 2.05) is 0 Å². The lowest BCUT2D eigenvalue weighted by molar-refractivity contribution is -0.118. The largest absolute Gasteiger partial charge is 0.360 e. The zero-order valence-corrected chi connectivity index (χ0v) is 15.0. The highest BCUT2D eigenvalue weighted by atomic mass is 32.2. The highest BCUT2D eigenvalue weighted by Gasteiger charge is 2.16. The van der Waals surface area contributed by atoms with Gasteiger partial charge < -0.3 is 20.1 Å². The van der Waals surface area contributed by atoms with Crippen molar-refractivity contribution in [3.63, 3.8) is 0 Å². The van der Waals surface area contributed by atoms with E-state index in [9.17, 15) is 9.59 Å². The van der Waals surface area contributed by atoms with Gasteiger partial charge in [0.15, 0.2) is 5.82 Å². The Hall–Kier alpha value is -1.54. The van der Waals surface area contributed by atoms with Gasteiger partial charge in [-0.1, -0.05) is 19.0 Å². The summed E-state index contributed by atoms with van der Waals surface area (Å²) in [6.45, 7) is 11.1. The Labute approximate surface area is 141 Å². The second kappa shape index (κ2) is 10.3. The van der Waals surface area contributed by atoms with Crippen LogP contribution in [0.1, 0.15) is 26.5 Å². The summed E-state index contributed by atoms with van der Waals surface area (Å²) in [5.74, 6) is 1.03. The molecule has 1 atom stereocenters. The summed E-state index contributed by atoms with van der Waals surface area (Å²) in [4.78, 5) is 26.0. The number of carbonyl (C=O) groups is 2. The number of anilines is 1. The van der Waals surface area contributed by atoms with Gasteiger partial charge in [-0.15, -0.1) is 11.8 Å². The predicted octanol–water partition coefficient (Wildman–Crippen LogP) is 1.50. The number of amides is 2. The van der Waals surface area contributed by atoms with E-state index in [1.165, 1.54) is 11.8 Å². The molecular formula is C15H26N4O3S. The van der Waals surface area contributed by atoms with Crippen molar-refractivity contribution in [3.05, 3.63) is 11.8 Å². The summed E-state index contributed by atoms with van der Waals surface area (Å²) >= 11 is 1.29. The van der Waals surface area contributed by atoms with Crippen LogP contribution in [-0.2, 0) is 9.59 Å². The number of likely N-dealkylation sites (N-methyl/N-ethyl adjacent to an activating group) is 1. The van der Waals surface area contributed by atoms with Gasteiger partial charge in [-0.3, -0.25) is 9.59 Å². The molecule has 0 aliphatic rings. The first-order valence-electron chi connectivity index (χ1n) is 7.81. The summed E-state index contributed by atoms with van der Waals surface area (Å²) in [7, 11) is 0. The first kappa shape index (κ1) is 19.5. The van der Waals surface area contributed by atoms with Crippen LogP contribution in [0, 0.1) is 6.92 Å². The molecule has 8 heteroatoms. The zero-order valence-electron chi connectivity index (χ0n) is 14.2. The molecule has 0 radical (unpaired) electrons. The average molecular weight is 342 g/mol. The molecule has 1 aromatic rings. The molecule has 0 fully saturated rings. The van der Waals surface area contributed by atoms with Crippen LogP contribution in [0.15, 0.2) is 10.6 Å². The van der Waals surface area contributed by atoms with Crippen LogP contribution in [0.2, 0.25) is 0 Å². The lowest BCUT2D eigenvalue weighted by atomic mass is 10.4. The number of aromatic nitrogens is 1. The maximum absolute atomic E-state index is 12.0. The lowest BCUT2D eigenvalue weighted by Gasteiger charge is -2.18. The van der Waals surface area contributed by atoms with E-state index in [4.69, 9.17) is 4.52 Å². The Morgan fingerprint density at radius 3 is 2.65 bits per heavy atom. The van der Waals surface area contributed by atoms with Crippen molar-refractivity contribution in [2.45, 2.75) is 32.9 Å². The maximum Gasteiger partial charge on any atom is 0.238 e. The molecule has 0 aliphatic carbocycles. The van der Waals surface area contributed by atoms with Gasteiger partial charge in [0, 0.05) is 19.2 Å². The van der Waals surface area contributed by atoms with Crippen LogP contribution in [0.4, 0.5) is 5.82 Å². The smallest absolute Gasteiger partial charge is 0.238 e. The Morgan fingerprint density at radius 1 is 1.39 bits per heavy atom. The van der Waals surface area contributed by atoms with E-state index in [-0.39, 0.29) is 22.8 Å². The van der Waals surface area contributed by atoms with Crippen LogP contribution in [0.5, 0.6) is 0 Å². The fraction of sp³-hybridized carbons (Fsp3) is 0.667. The molecule has 23 heavy (non-hydrogen) atoms. The summed E-state index contributed by atoms with van der Waals surface area (Å²) in [5.41, 5.74) is 0. The molecule has 1 heterocycles. The standard InChI is InChI=1S/C15H26N4O3S/c1-5-19(6-2)8-7-16-14(20)10-23-12(4)15(21)17-13-9-11(3)22-18-13/h9,12H,5-8,10H2,1-4H3,(H,16,20)(H,17,18,21). The van der Waals surface area contributed by atoms with Crippen LogP contribution >= 0.6 is 11.8 Å². The highest BCUT2D eigenvalue weighted by molar-refractivity contribution is 8.01. The van der Waals surface area contributed by atoms with E-state index in [2.05, 4.69) is 34.5 Å². The number of rotatable bonds is 10. The number of hydrogen-bond donors (Lipinski definition) is 2. The Bertz CT molecular complexity index is 503. The number of nitrogens with zero attached hydrogens (tertiary/aromatic N) is 2. The van der Waals surface area contributed by atoms with E-state index in [0.717, 1.165) is 19.6 Å². The van der Waals surface area contributed by atoms with Crippen molar-refractivity contribution in [1.29, 1.82) is 0 Å². The molecular weight excluding hydrogens is 316 g/mol. The Kier molecular flexibility index (Phi) is 8.71. The fourth-order valence-corrected chi connectivity index (χ4v) is 2.59. The van der Waals surface area contributed by atoms with Crippen molar-refractivity contribution in [3.8, 4) is 0 Å². The Morgan fingerprint density at radius 2 is 2.09 bits per heavy atom. The summed E-state index contributed by atoms with van der Waals surface area (Å²) in [6, 6.07) is 1.65. The van der Waals surface area contributed by atoms with Crippen LogP contribution in [0.25, 0.3) is 0 Å². The van der Waals surface area contributed by atoms with Crippen LogP contribution < -0.4 is 10.6 Å². The monoisotopic (exact) mass is 342 g/mol. The second-order valence-electron chi connectivity index (χ2n) is 5.14. The molecule has 2 amide bonds. The number of nitrogens with one attached hydrogen (secondary N) is 2. The normalized spacial score (nSPS) is 12.2. The van der Waals surface area contributed by atoms with Crippen molar-refractivity contribution < 1.29 is 14.1 Å². The van der Waals surface area contributed by atoms with Gasteiger partial charge in [0.25, 0.3) is 0 Å². The van der Waals surface area contributed by atoms with Crippen molar-refractivity contribution in [2.24, 2.45) is 0 Å². The number of thioether (sulfide) groups is 1. The van der Waals surface area contributed by atoms with Crippen LogP contribution in [-0.4, -0.2) is 59.1 Å². The van der Waals surface area contributed by atoms with E-state index in [0.29, 0.717) is 18.1 Å². The van der Waals surface area contributed by atoms with Gasteiger partial charge in [0.05, 0.1) is 11.0 Å². The first-order valence-corrected chi connectivity index (χ1v) is 8.86. The quantitative estimate of drug-likeness (QED) is 0.670. The topological polar surface area (TPSA) is 87.5 Å². The molecule has 0 saturated carbocycles. The molecule has 0 bridgehead atoms. The minimum atomic E-state index is -0.347. The third-order valence-corrected chi connectivity index (χ3v) is 4.50. The van der Waals surface area contributed by atoms with Crippen molar-refractivity contribution >= 4 is 29.4 Å². The van der Waals surface area contributed by atoms with Crippen molar-refractivity contribution in [1.82, 2.24) is 15.4 Å². The van der Waals surface area contributed by atoms with Gasteiger partial charge in [-0.2, -0.15) is 0 Å². The van der Waals surface area contributed by atoms with Gasteiger partial charge in [-0.05, 0) is 26.9 Å². The molecule has 7 nitrogen and oxygen atoms in total. The minimum Gasteiger partial charge on any atom is -0.360 e. The third-order valence-electron chi connectivity index (χ3n) is 3.36. The molecule has 2 N–H and O–H groups in total. The van der Waals surface area contributed by atoms with Gasteiger partial charge in [0.1, 0.15) is 5.76 Å². The van der Waals surface area contributed by atoms with Gasteiger partial charge >= 0.3 is 0 Å². The number of aryl methyl sites for hydroxylation is 1. The zero-order chi connectivity index (χ0) is 17.2. The molecule has 0 aromatic carbocycles. The van der Waals surface area contributed by atoms with E-state index >= 15 is 0 Å². The van der Waals surface area contributed by atoms with Crippen LogP contribution in [0.3, 0.4) is 0 Å². The molecule has 0 saturated heterocycles. The predicted molar refractivity (Wildman–Crippen MR) is 92.6 cm³/mol. The fourth-order valence-electron chi connectivity index (χ4n) is 1.87. The van der Waals surface area contributed by atoms with Crippen molar-refractivity contribution in [2.75, 3.05) is 37.2 Å². The SMILES string of the molecule is CCN(CC)CCNC(=O)CSC(C)C(=O)Nc1cc(C)on1. The second-order valence-corrected chi connectivity index (χ2v) is 6.47. The molecule has 0 aliphatic heterocycles. The lowest BCUT2D eigenvalue weighted by Crippen LogP contribution is -2.36. The maximum atomic E-state index is 12.0. The average Bonchev–Trinajstić information content (AvgIpc) is 2.94. The molecule has 1 rings (SSSR count). The molecule has 1 aromatic heterocycles. The summed E-state index contributed by atoms with van der Waals surface area (Å²) in [6.07, 6.45) is 0. The molecule has 0 spiro atoms. The molecule has 1 unspecified atom stereocenters. The summed E-state index contributed by atoms with van der Waals surface area (Å²) < 4.78 is 4.89. The number of carbonyl (C=O) groups excluding carboxylic acids is 2. The number of hydrogen-bond acceptors (Lipinski definition) is 6. The van der Waals surface area contributed by atoms with Gasteiger partial charge in [0.2, 0.25) is 11.8 Å². The first-order chi connectivity index (χ1) is 11.0. The van der Waals surface area contributed by atoms with E-state index < -0.39 is 0 Å². The third kappa shape index (κ3) is 7.51. The Balaban J connectivity index is 2.22. The van der Waals surface area contributed by atoms with E-state index in [1.54, 1.807) is 19.9 Å².